The topological polar surface area (TPSA) is 29.1 Å². The van der Waals surface area contributed by atoms with Gasteiger partial charge in [0.2, 0.25) is 0 Å². The van der Waals surface area contributed by atoms with Crippen LogP contribution < -0.4 is 3.80 Å². The molecule has 5 unspecified atom stereocenters. The number of benzene rings is 1. The van der Waals surface area contributed by atoms with Crippen LogP contribution in [0.3, 0.4) is 0 Å². The van der Waals surface area contributed by atoms with Gasteiger partial charge >= 0.3 is 156 Å². The Morgan fingerprint density at radius 2 is 1.53 bits per heavy atom. The fourth-order valence-electron chi connectivity index (χ4n) is 5.88. The Morgan fingerprint density at radius 3 is 2.13 bits per heavy atom. The summed E-state index contributed by atoms with van der Waals surface area (Å²) in [7, 11) is 0. The summed E-state index contributed by atoms with van der Waals surface area (Å²) in [6.45, 7) is 6.72. The second-order valence-electron chi connectivity index (χ2n) is 9.08. The third-order valence-electron chi connectivity index (χ3n) is 6.94. The predicted octanol–water partition coefficient (Wildman–Crippen LogP) is 5.46. The summed E-state index contributed by atoms with van der Waals surface area (Å²) in [4.78, 5) is 12.8. The minimum atomic E-state index is -2.52. The van der Waals surface area contributed by atoms with Gasteiger partial charge in [-0.1, -0.05) is 25.3 Å². The Kier molecular flexibility index (Phi) is 9.34. The Balaban J connectivity index is 0.000000591. The van der Waals surface area contributed by atoms with E-state index in [0.29, 0.717) is 16.1 Å². The first kappa shape index (κ1) is 24.8. The third kappa shape index (κ3) is 5.43. The summed E-state index contributed by atoms with van der Waals surface area (Å²) in [5, 5.41) is 4.84. The molecule has 1 aromatic rings. The van der Waals surface area contributed by atoms with Gasteiger partial charge in [0.15, 0.2) is 0 Å². The number of amides is 1. The van der Waals surface area contributed by atoms with Crippen LogP contribution in [0.4, 0.5) is 0 Å². The van der Waals surface area contributed by atoms with Gasteiger partial charge in [-0.05, 0) is 11.0 Å². The smallest absolute Gasteiger partial charge is 0.0149 e. The van der Waals surface area contributed by atoms with E-state index in [1.807, 2.05) is 30.3 Å². The van der Waals surface area contributed by atoms with Gasteiger partial charge in [0.25, 0.3) is 0 Å². The van der Waals surface area contributed by atoms with E-state index in [-0.39, 0.29) is 16.9 Å². The molecule has 2 nitrogen and oxygen atoms in total. The van der Waals surface area contributed by atoms with Crippen LogP contribution in [0.15, 0.2) is 79.9 Å². The molecule has 162 valence electrons. The molecule has 2 saturated carbocycles. The summed E-state index contributed by atoms with van der Waals surface area (Å²) in [6, 6.07) is 9.73. The van der Waals surface area contributed by atoms with Crippen molar-refractivity contribution < 1.29 is 21.6 Å². The van der Waals surface area contributed by atoms with Gasteiger partial charge in [-0.2, -0.15) is 0 Å². The minimum Gasteiger partial charge on any atom is -0.0149 e. The fraction of sp³-hybridized carbons (Fsp3) is 0.423. The maximum atomic E-state index is 12.8. The molecule has 3 aliphatic carbocycles. The van der Waals surface area contributed by atoms with E-state index in [1.54, 1.807) is 12.2 Å². The van der Waals surface area contributed by atoms with E-state index < -0.39 is 16.8 Å². The summed E-state index contributed by atoms with van der Waals surface area (Å²) in [6.07, 6.45) is 18.2. The maximum Gasteiger partial charge on any atom is -0.0149 e. The van der Waals surface area contributed by atoms with Crippen LogP contribution >= 0.6 is 0 Å². The fourth-order valence-corrected chi connectivity index (χ4v) is 11.6. The first-order chi connectivity index (χ1) is 14.0. The number of rotatable bonds is 4. The van der Waals surface area contributed by atoms with Gasteiger partial charge in [0, 0.05) is 0 Å². The van der Waals surface area contributed by atoms with Crippen LogP contribution in [0.2, 0.25) is 14.7 Å². The van der Waals surface area contributed by atoms with Crippen LogP contribution in [0.1, 0.15) is 36.0 Å². The molecule has 3 aliphatic rings. The molecule has 0 spiro atoms. The molecular weight excluding hydrogens is 418 g/mol. The molecule has 1 N–H and O–H groups in total. The van der Waals surface area contributed by atoms with Gasteiger partial charge in [0.1, 0.15) is 0 Å². The van der Waals surface area contributed by atoms with E-state index in [4.69, 9.17) is 0 Å². The second-order valence-corrected chi connectivity index (χ2v) is 15.9. The Labute approximate surface area is 191 Å². The average molecular weight is 458 g/mol. The van der Waals surface area contributed by atoms with Gasteiger partial charge < -0.3 is 0 Å². The molecule has 4 heteroatoms. The van der Waals surface area contributed by atoms with Crippen molar-refractivity contribution in [3.8, 4) is 0 Å². The van der Waals surface area contributed by atoms with Gasteiger partial charge in [0.05, 0.1) is 0 Å². The van der Waals surface area contributed by atoms with Crippen molar-refractivity contribution in [3.63, 3.8) is 0 Å². The number of carbonyl (C=O) groups is 1. The van der Waals surface area contributed by atoms with Crippen molar-refractivity contribution in [2.45, 2.75) is 40.4 Å². The Morgan fingerprint density at radius 1 is 0.967 bits per heavy atom. The molecule has 30 heavy (non-hydrogen) atoms. The Bertz CT molecular complexity index is 779. The van der Waals surface area contributed by atoms with Crippen molar-refractivity contribution in [2.75, 3.05) is 0 Å². The molecule has 0 aromatic heterocycles. The van der Waals surface area contributed by atoms with Crippen LogP contribution in [0.5, 0.6) is 0 Å². The number of fused-ring (bicyclic) bond motifs is 3. The van der Waals surface area contributed by atoms with Crippen molar-refractivity contribution in [2.24, 2.45) is 23.7 Å². The zero-order chi connectivity index (χ0) is 20.9. The zero-order valence-electron chi connectivity index (χ0n) is 17.9. The molecule has 0 bridgehead atoms. The molecule has 5 atom stereocenters. The molecule has 0 heterocycles. The van der Waals surface area contributed by atoms with Gasteiger partial charge in [-0.25, -0.2) is 0 Å². The van der Waals surface area contributed by atoms with E-state index in [1.165, 1.54) is 25.7 Å². The quantitative estimate of drug-likeness (QED) is 0.473. The molecule has 4 rings (SSSR count). The van der Waals surface area contributed by atoms with E-state index in [9.17, 15) is 4.79 Å². The zero-order valence-corrected chi connectivity index (χ0v) is 19.5. The molecule has 0 aliphatic heterocycles. The van der Waals surface area contributed by atoms with E-state index >= 15 is 0 Å². The third-order valence-corrected chi connectivity index (χ3v) is 12.2. The summed E-state index contributed by atoms with van der Waals surface area (Å²) in [5.74, 6) is 3.13. The van der Waals surface area contributed by atoms with Crippen LogP contribution in [-0.2, 0) is 16.8 Å². The van der Waals surface area contributed by atoms with Crippen LogP contribution in [0, 0.1) is 23.7 Å². The summed E-state index contributed by atoms with van der Waals surface area (Å²) >= 11 is -2.52. The number of allylic oxidation sites excluding steroid dienone is 6. The van der Waals surface area contributed by atoms with Crippen molar-refractivity contribution in [3.05, 3.63) is 85.5 Å². The SMILES string of the molecule is C=CC=C.[CH3][Ti]([CH3])([NH]C(=O)c1ccccc1)[CH]1C2C=CC=CC2C2CCCCC21.[SiH4]. The average Bonchev–Trinajstić information content (AvgIpc) is 3.09. The number of hydrogen-bond acceptors (Lipinski definition) is 1. The van der Waals surface area contributed by atoms with Crippen molar-refractivity contribution in [1.82, 2.24) is 3.80 Å². The number of hydrogen-bond donors (Lipinski definition) is 1. The van der Waals surface area contributed by atoms with Crippen molar-refractivity contribution in [1.29, 1.82) is 0 Å². The molecule has 0 saturated heterocycles. The normalized spacial score (nSPS) is 28.7. The molecular formula is C26H39NOSiTi. The molecule has 1 aromatic carbocycles. The number of carbonyl (C=O) groups excluding carboxylic acids is 1. The van der Waals surface area contributed by atoms with Crippen molar-refractivity contribution >= 4 is 16.9 Å². The van der Waals surface area contributed by atoms with Crippen LogP contribution in [-0.4, -0.2) is 16.9 Å². The van der Waals surface area contributed by atoms with E-state index in [0.717, 1.165) is 17.4 Å². The monoisotopic (exact) mass is 457 g/mol. The minimum absolute atomic E-state index is 0. The van der Waals surface area contributed by atoms with E-state index in [2.05, 4.69) is 51.7 Å². The first-order valence-electron chi connectivity index (χ1n) is 11.0. The second kappa shape index (κ2) is 11.3. The molecule has 1 amide bonds. The summed E-state index contributed by atoms with van der Waals surface area (Å²) in [5.41, 5.74) is 0.801. The first-order valence-corrected chi connectivity index (χ1v) is 15.8. The standard InChI is InChI=1S/C13H17.C7H7NO.C4H6.2CH3.H4Si.Ti/c1-3-7-12-10(5-1)9-11-6-2-4-8-13(11)12;8-7(9)6-4-2-1-3-5-6;1-3-4-2;;;;/h1,3,5,7,9-13H,2,4,6,8H2;1-5H,(H2,8,9);3-4H,1-2H2;2*1H3;1H4;/q;;;;;;+1/p-1. The largest absolute Gasteiger partial charge is 0.0149 e. The number of nitrogens with one attached hydrogen (secondary N) is 1. The maximum absolute atomic E-state index is 12.8. The molecule has 2 fully saturated rings. The molecule has 0 radical (unpaired) electrons. The van der Waals surface area contributed by atoms with Gasteiger partial charge in [-0.15, -0.1) is 0 Å². The Hall–Kier alpha value is -1.42. The summed E-state index contributed by atoms with van der Waals surface area (Å²) < 4.78 is 4.27. The predicted molar refractivity (Wildman–Crippen MR) is 132 cm³/mol. The van der Waals surface area contributed by atoms with Crippen LogP contribution in [0.25, 0.3) is 0 Å². The van der Waals surface area contributed by atoms with Gasteiger partial charge in [-0.3, -0.25) is 0 Å².